The van der Waals surface area contributed by atoms with Gasteiger partial charge in [-0.15, -0.1) is 6.58 Å². The van der Waals surface area contributed by atoms with Gasteiger partial charge in [-0.05, 0) is 48.6 Å². The van der Waals surface area contributed by atoms with Crippen LogP contribution >= 0.6 is 0 Å². The lowest BCUT2D eigenvalue weighted by Gasteiger charge is -2.31. The van der Waals surface area contributed by atoms with Crippen molar-refractivity contribution in [1.29, 1.82) is 0 Å². The molecule has 25 heavy (non-hydrogen) atoms. The zero-order valence-corrected chi connectivity index (χ0v) is 14.8. The van der Waals surface area contributed by atoms with Crippen LogP contribution in [-0.4, -0.2) is 12.7 Å². The van der Waals surface area contributed by atoms with Crippen LogP contribution in [0.1, 0.15) is 80.4 Å². The van der Waals surface area contributed by atoms with Crippen molar-refractivity contribution in [2.24, 2.45) is 5.92 Å². The lowest BCUT2D eigenvalue weighted by molar-refractivity contribution is 0.0316. The van der Waals surface area contributed by atoms with Crippen molar-refractivity contribution >= 4 is 0 Å². The van der Waals surface area contributed by atoms with E-state index < -0.39 is 17.8 Å². The lowest BCUT2D eigenvalue weighted by atomic mass is 9.77. The molecule has 2 aliphatic rings. The van der Waals surface area contributed by atoms with Crippen molar-refractivity contribution in [3.63, 3.8) is 0 Å². The number of benzene rings is 1. The molecule has 0 spiro atoms. The maximum Gasteiger partial charge on any atom is 0.266 e. The van der Waals surface area contributed by atoms with Crippen molar-refractivity contribution in [3.05, 3.63) is 47.3 Å². The third-order valence-electron chi connectivity index (χ3n) is 5.93. The third kappa shape index (κ3) is 3.94. The van der Waals surface area contributed by atoms with Gasteiger partial charge in [-0.1, -0.05) is 38.0 Å². The maximum atomic E-state index is 15.0. The van der Waals surface area contributed by atoms with Crippen LogP contribution in [-0.2, 0) is 4.74 Å². The Labute approximate surface area is 148 Å². The molecule has 2 atom stereocenters. The summed E-state index contributed by atoms with van der Waals surface area (Å²) in [5.41, 5.74) is 0.497. The minimum absolute atomic E-state index is 0.0281. The smallest absolute Gasteiger partial charge is 0.266 e. The van der Waals surface area contributed by atoms with E-state index in [2.05, 4.69) is 13.5 Å². The largest absolute Gasteiger partial charge is 0.374 e. The molecule has 4 heteroatoms. The maximum absolute atomic E-state index is 15.0. The Balaban J connectivity index is 1.87. The van der Waals surface area contributed by atoms with E-state index >= 15 is 4.39 Å². The van der Waals surface area contributed by atoms with E-state index in [1.54, 1.807) is 18.2 Å². The first-order valence-corrected chi connectivity index (χ1v) is 9.35. The third-order valence-corrected chi connectivity index (χ3v) is 5.93. The first-order chi connectivity index (χ1) is 12.0. The van der Waals surface area contributed by atoms with Gasteiger partial charge in [0.1, 0.15) is 5.82 Å². The van der Waals surface area contributed by atoms with Crippen molar-refractivity contribution in [3.8, 4) is 0 Å². The molecule has 1 heterocycles. The number of halogens is 3. The molecule has 1 aromatic rings. The van der Waals surface area contributed by atoms with E-state index in [-0.39, 0.29) is 17.9 Å². The second kappa shape index (κ2) is 7.94. The van der Waals surface area contributed by atoms with E-state index in [9.17, 15) is 8.78 Å². The Kier molecular flexibility index (Phi) is 5.88. The highest BCUT2D eigenvalue weighted by molar-refractivity contribution is 5.39. The molecule has 3 rings (SSSR count). The van der Waals surface area contributed by atoms with Crippen molar-refractivity contribution in [2.45, 2.75) is 69.8 Å². The fourth-order valence-electron chi connectivity index (χ4n) is 4.29. The Morgan fingerprint density at radius 3 is 2.24 bits per heavy atom. The van der Waals surface area contributed by atoms with E-state index in [0.29, 0.717) is 23.7 Å². The number of hydrogen-bond donors (Lipinski definition) is 0. The second-order valence-corrected chi connectivity index (χ2v) is 7.61. The van der Waals surface area contributed by atoms with Crippen LogP contribution in [0.15, 0.2) is 24.8 Å². The molecule has 0 bridgehead atoms. The quantitative estimate of drug-likeness (QED) is 0.562. The molecule has 1 aliphatic heterocycles. The van der Waals surface area contributed by atoms with Gasteiger partial charge in [0.05, 0.1) is 18.3 Å². The summed E-state index contributed by atoms with van der Waals surface area (Å²) in [6, 6.07) is 3.47. The molecule has 1 aliphatic carbocycles. The SMILES string of the molecule is C=CC1CCC(c2ccc(C3CCC(C)CC3)c(F)c2C(F)F)CO1. The Morgan fingerprint density at radius 2 is 1.68 bits per heavy atom. The van der Waals surface area contributed by atoms with Gasteiger partial charge >= 0.3 is 0 Å². The summed E-state index contributed by atoms with van der Waals surface area (Å²) < 4.78 is 48.1. The van der Waals surface area contributed by atoms with Gasteiger partial charge in [-0.25, -0.2) is 13.2 Å². The van der Waals surface area contributed by atoms with Gasteiger partial charge in [0.25, 0.3) is 6.43 Å². The summed E-state index contributed by atoms with van der Waals surface area (Å²) in [5, 5.41) is 0. The van der Waals surface area contributed by atoms with Crippen LogP contribution in [0, 0.1) is 11.7 Å². The zero-order valence-electron chi connectivity index (χ0n) is 14.8. The molecule has 2 fully saturated rings. The lowest BCUT2D eigenvalue weighted by Crippen LogP contribution is -2.24. The van der Waals surface area contributed by atoms with E-state index in [1.165, 1.54) is 0 Å². The normalized spacial score (nSPS) is 30.4. The molecule has 0 aromatic heterocycles. The van der Waals surface area contributed by atoms with Gasteiger partial charge in [-0.3, -0.25) is 0 Å². The van der Waals surface area contributed by atoms with Crippen LogP contribution in [0.25, 0.3) is 0 Å². The fraction of sp³-hybridized carbons (Fsp3) is 0.619. The molecule has 0 N–H and O–H groups in total. The molecular weight excluding hydrogens is 325 g/mol. The average molecular weight is 352 g/mol. The van der Waals surface area contributed by atoms with Gasteiger partial charge in [-0.2, -0.15) is 0 Å². The first kappa shape index (κ1) is 18.5. The topological polar surface area (TPSA) is 9.23 Å². The summed E-state index contributed by atoms with van der Waals surface area (Å²) >= 11 is 0. The summed E-state index contributed by atoms with van der Waals surface area (Å²) in [4.78, 5) is 0. The summed E-state index contributed by atoms with van der Waals surface area (Å²) in [6.07, 6.45) is 4.20. The monoisotopic (exact) mass is 352 g/mol. The summed E-state index contributed by atoms with van der Waals surface area (Å²) in [7, 11) is 0. The zero-order chi connectivity index (χ0) is 18.0. The minimum atomic E-state index is -2.80. The second-order valence-electron chi connectivity index (χ2n) is 7.61. The highest BCUT2D eigenvalue weighted by Crippen LogP contribution is 2.42. The van der Waals surface area contributed by atoms with Gasteiger partial charge in [0.15, 0.2) is 0 Å². The highest BCUT2D eigenvalue weighted by Gasteiger charge is 2.31. The predicted molar refractivity (Wildman–Crippen MR) is 93.6 cm³/mol. The van der Waals surface area contributed by atoms with Gasteiger partial charge in [0.2, 0.25) is 0 Å². The van der Waals surface area contributed by atoms with Crippen LogP contribution in [0.3, 0.4) is 0 Å². The van der Waals surface area contributed by atoms with Crippen LogP contribution < -0.4 is 0 Å². The van der Waals surface area contributed by atoms with Gasteiger partial charge in [0, 0.05) is 5.92 Å². The Morgan fingerprint density at radius 1 is 1.04 bits per heavy atom. The fourth-order valence-corrected chi connectivity index (χ4v) is 4.29. The molecule has 138 valence electrons. The number of alkyl halides is 2. The van der Waals surface area contributed by atoms with Crippen LogP contribution in [0.2, 0.25) is 0 Å². The average Bonchev–Trinajstić information content (AvgIpc) is 2.62. The predicted octanol–water partition coefficient (Wildman–Crippen LogP) is 6.51. The molecule has 1 nitrogen and oxygen atoms in total. The van der Waals surface area contributed by atoms with E-state index in [4.69, 9.17) is 4.74 Å². The van der Waals surface area contributed by atoms with E-state index in [1.807, 2.05) is 0 Å². The molecule has 0 radical (unpaired) electrons. The number of rotatable bonds is 4. The van der Waals surface area contributed by atoms with Crippen molar-refractivity contribution < 1.29 is 17.9 Å². The van der Waals surface area contributed by atoms with Crippen LogP contribution in [0.5, 0.6) is 0 Å². The molecule has 0 amide bonds. The van der Waals surface area contributed by atoms with Gasteiger partial charge < -0.3 is 4.74 Å². The summed E-state index contributed by atoms with van der Waals surface area (Å²) in [6.45, 7) is 6.24. The van der Waals surface area contributed by atoms with Crippen molar-refractivity contribution in [1.82, 2.24) is 0 Å². The Hall–Kier alpha value is -1.29. The highest BCUT2D eigenvalue weighted by atomic mass is 19.3. The minimum Gasteiger partial charge on any atom is -0.374 e. The standard InChI is InChI=1S/C21H27F3O/c1-3-16-9-8-15(12-25-16)17-10-11-18(20(22)19(17)21(23)24)14-6-4-13(2)5-7-14/h3,10-11,13-16,21H,1,4-9,12H2,2H3. The van der Waals surface area contributed by atoms with Crippen LogP contribution in [0.4, 0.5) is 13.2 Å². The Bertz CT molecular complexity index is 597. The molecule has 1 aromatic carbocycles. The number of ether oxygens (including phenoxy) is 1. The van der Waals surface area contributed by atoms with Crippen molar-refractivity contribution in [2.75, 3.05) is 6.61 Å². The first-order valence-electron chi connectivity index (χ1n) is 9.35. The molecule has 1 saturated carbocycles. The number of hydrogen-bond acceptors (Lipinski definition) is 1. The van der Waals surface area contributed by atoms with E-state index in [0.717, 1.165) is 38.5 Å². The molecular formula is C21H27F3O. The molecule has 2 unspecified atom stereocenters. The molecule has 1 saturated heterocycles. The summed E-state index contributed by atoms with van der Waals surface area (Å²) in [5.74, 6) is -0.145.